The number of amides is 2. The van der Waals surface area contributed by atoms with E-state index in [0.29, 0.717) is 30.2 Å². The van der Waals surface area contributed by atoms with Gasteiger partial charge in [-0.05, 0) is 31.0 Å². The van der Waals surface area contributed by atoms with Gasteiger partial charge >= 0.3 is 0 Å². The summed E-state index contributed by atoms with van der Waals surface area (Å²) in [6.07, 6.45) is 2.06. The second-order valence-electron chi connectivity index (χ2n) is 7.68. The topological polar surface area (TPSA) is 67.9 Å². The molecule has 0 aromatic heterocycles. The van der Waals surface area contributed by atoms with Gasteiger partial charge in [0.15, 0.2) is 0 Å². The van der Waals surface area contributed by atoms with Crippen LogP contribution < -0.4 is 14.8 Å². The van der Waals surface area contributed by atoms with Gasteiger partial charge in [-0.1, -0.05) is 24.3 Å². The number of benzene rings is 2. The average molecular weight is 394 g/mol. The molecule has 29 heavy (non-hydrogen) atoms. The Bertz CT molecular complexity index is 895. The third-order valence-electron chi connectivity index (χ3n) is 5.73. The van der Waals surface area contributed by atoms with Gasteiger partial charge in [0.05, 0.1) is 20.1 Å². The molecule has 0 bridgehead atoms. The van der Waals surface area contributed by atoms with Gasteiger partial charge in [-0.2, -0.15) is 0 Å². The van der Waals surface area contributed by atoms with E-state index in [0.717, 1.165) is 18.4 Å². The summed E-state index contributed by atoms with van der Waals surface area (Å²) >= 11 is 0. The molecule has 6 nitrogen and oxygen atoms in total. The lowest BCUT2D eigenvalue weighted by Crippen LogP contribution is -2.36. The fourth-order valence-electron chi connectivity index (χ4n) is 3.97. The van der Waals surface area contributed by atoms with Crippen molar-refractivity contribution in [1.82, 2.24) is 10.2 Å². The molecule has 1 N–H and O–H groups in total. The summed E-state index contributed by atoms with van der Waals surface area (Å²) in [5.41, 5.74) is 1.56. The van der Waals surface area contributed by atoms with Gasteiger partial charge < -0.3 is 19.7 Å². The van der Waals surface area contributed by atoms with Gasteiger partial charge in [0, 0.05) is 42.2 Å². The van der Waals surface area contributed by atoms with Crippen LogP contribution in [0.15, 0.2) is 48.5 Å². The molecule has 1 aliphatic heterocycles. The zero-order chi connectivity index (χ0) is 20.4. The minimum absolute atomic E-state index is 0.0127. The molecule has 2 aromatic rings. The summed E-state index contributed by atoms with van der Waals surface area (Å²) in [7, 11) is 3.22. The molecular weight excluding hydrogens is 368 g/mol. The third kappa shape index (κ3) is 4.06. The molecule has 1 saturated carbocycles. The maximum absolute atomic E-state index is 13.0. The summed E-state index contributed by atoms with van der Waals surface area (Å²) in [6, 6.07) is 15.1. The van der Waals surface area contributed by atoms with E-state index in [1.165, 1.54) is 0 Å². The average Bonchev–Trinajstić information content (AvgIpc) is 3.47. The van der Waals surface area contributed by atoms with Crippen LogP contribution in [-0.2, 0) is 4.79 Å². The molecule has 2 aromatic carbocycles. The molecule has 0 radical (unpaired) electrons. The molecule has 4 rings (SSSR count). The molecule has 2 fully saturated rings. The Morgan fingerprint density at radius 3 is 2.41 bits per heavy atom. The van der Waals surface area contributed by atoms with Gasteiger partial charge in [0.2, 0.25) is 5.91 Å². The van der Waals surface area contributed by atoms with Crippen molar-refractivity contribution >= 4 is 11.8 Å². The van der Waals surface area contributed by atoms with E-state index in [2.05, 4.69) is 5.32 Å². The molecule has 1 aliphatic carbocycles. The van der Waals surface area contributed by atoms with Crippen molar-refractivity contribution < 1.29 is 19.1 Å². The maximum atomic E-state index is 13.0. The first kappa shape index (κ1) is 19.3. The highest BCUT2D eigenvalue weighted by molar-refractivity contribution is 5.95. The predicted octanol–water partition coefficient (Wildman–Crippen LogP) is 2.84. The fourth-order valence-corrected chi connectivity index (χ4v) is 3.97. The third-order valence-corrected chi connectivity index (χ3v) is 5.73. The van der Waals surface area contributed by atoms with Crippen molar-refractivity contribution in [2.24, 2.45) is 5.92 Å². The number of nitrogens with one attached hydrogen (secondary N) is 1. The van der Waals surface area contributed by atoms with Crippen LogP contribution in [-0.4, -0.2) is 50.1 Å². The van der Waals surface area contributed by atoms with Crippen molar-refractivity contribution in [3.05, 3.63) is 59.7 Å². The van der Waals surface area contributed by atoms with Gasteiger partial charge in [-0.15, -0.1) is 0 Å². The molecule has 1 saturated heterocycles. The lowest BCUT2D eigenvalue weighted by Gasteiger charge is -2.21. The predicted molar refractivity (Wildman–Crippen MR) is 109 cm³/mol. The van der Waals surface area contributed by atoms with Gasteiger partial charge in [0.25, 0.3) is 5.91 Å². The summed E-state index contributed by atoms with van der Waals surface area (Å²) in [4.78, 5) is 27.8. The van der Waals surface area contributed by atoms with Gasteiger partial charge in [0.1, 0.15) is 11.5 Å². The lowest BCUT2D eigenvalue weighted by atomic mass is 9.87. The first-order valence-corrected chi connectivity index (χ1v) is 9.97. The first-order valence-electron chi connectivity index (χ1n) is 9.97. The lowest BCUT2D eigenvalue weighted by molar-refractivity contribution is -0.125. The van der Waals surface area contributed by atoms with Crippen LogP contribution in [0.25, 0.3) is 0 Å². The zero-order valence-electron chi connectivity index (χ0n) is 16.8. The van der Waals surface area contributed by atoms with Crippen LogP contribution in [0.2, 0.25) is 0 Å². The highest BCUT2D eigenvalue weighted by atomic mass is 16.5. The number of ether oxygens (including phenoxy) is 2. The van der Waals surface area contributed by atoms with Crippen LogP contribution in [0, 0.1) is 5.92 Å². The Morgan fingerprint density at radius 2 is 1.76 bits per heavy atom. The van der Waals surface area contributed by atoms with Crippen LogP contribution in [0.4, 0.5) is 0 Å². The molecule has 0 unspecified atom stereocenters. The Morgan fingerprint density at radius 1 is 1.00 bits per heavy atom. The van der Waals surface area contributed by atoms with E-state index in [1.54, 1.807) is 19.1 Å². The van der Waals surface area contributed by atoms with Crippen LogP contribution in [0.5, 0.6) is 11.5 Å². The van der Waals surface area contributed by atoms with E-state index in [9.17, 15) is 9.59 Å². The van der Waals surface area contributed by atoms with E-state index in [-0.39, 0.29) is 29.7 Å². The van der Waals surface area contributed by atoms with Crippen LogP contribution in [0.1, 0.15) is 34.7 Å². The Labute approximate surface area is 170 Å². The first-order chi connectivity index (χ1) is 14.1. The highest BCUT2D eigenvalue weighted by Gasteiger charge is 2.43. The van der Waals surface area contributed by atoms with Crippen molar-refractivity contribution in [2.75, 3.05) is 27.3 Å². The number of likely N-dealkylation sites (tertiary alicyclic amines) is 1. The number of carbonyl (C=O) groups is 2. The Hall–Kier alpha value is -3.02. The monoisotopic (exact) mass is 394 g/mol. The SMILES string of the molecule is COc1ccc([C@H]2CN(C(=O)c3ccccc3)C[C@H]2C(=O)NC2CC2)c(OC)c1. The maximum Gasteiger partial charge on any atom is 0.253 e. The zero-order valence-corrected chi connectivity index (χ0v) is 16.8. The van der Waals surface area contributed by atoms with E-state index in [4.69, 9.17) is 9.47 Å². The Kier molecular flexibility index (Phi) is 5.43. The van der Waals surface area contributed by atoms with E-state index in [1.807, 2.05) is 48.5 Å². The van der Waals surface area contributed by atoms with Crippen molar-refractivity contribution in [3.8, 4) is 11.5 Å². The molecule has 152 valence electrons. The molecule has 2 aliphatic rings. The summed E-state index contributed by atoms with van der Waals surface area (Å²) in [5.74, 6) is 0.878. The number of rotatable bonds is 6. The minimum atomic E-state index is -0.314. The quantitative estimate of drug-likeness (QED) is 0.818. The summed E-state index contributed by atoms with van der Waals surface area (Å²) in [6.45, 7) is 0.866. The molecule has 2 atom stereocenters. The largest absolute Gasteiger partial charge is 0.497 e. The summed E-state index contributed by atoms with van der Waals surface area (Å²) < 4.78 is 10.9. The number of carbonyl (C=O) groups excluding carboxylic acids is 2. The second-order valence-corrected chi connectivity index (χ2v) is 7.68. The molecular formula is C23H26N2O4. The highest BCUT2D eigenvalue weighted by Crippen LogP contribution is 2.40. The molecule has 1 heterocycles. The summed E-state index contributed by atoms with van der Waals surface area (Å²) in [5, 5.41) is 3.11. The number of hydrogen-bond donors (Lipinski definition) is 1. The smallest absolute Gasteiger partial charge is 0.253 e. The van der Waals surface area contributed by atoms with E-state index < -0.39 is 0 Å². The molecule has 0 spiro atoms. The van der Waals surface area contributed by atoms with Crippen molar-refractivity contribution in [2.45, 2.75) is 24.8 Å². The standard InChI is InChI=1S/C23H26N2O4/c1-28-17-10-11-18(21(12-17)29-2)19-13-25(23(27)15-6-4-3-5-7-15)14-20(19)22(26)24-16-8-9-16/h3-7,10-12,16,19-20H,8-9,13-14H2,1-2H3,(H,24,26)/t19-,20-/m1/s1. The van der Waals surface area contributed by atoms with Crippen LogP contribution >= 0.6 is 0 Å². The minimum Gasteiger partial charge on any atom is -0.497 e. The van der Waals surface area contributed by atoms with Gasteiger partial charge in [-0.3, -0.25) is 9.59 Å². The molecule has 6 heteroatoms. The normalized spacial score (nSPS) is 21.0. The number of nitrogens with zero attached hydrogens (tertiary/aromatic N) is 1. The Balaban J connectivity index is 1.64. The fraction of sp³-hybridized carbons (Fsp3) is 0.391. The van der Waals surface area contributed by atoms with Crippen molar-refractivity contribution in [3.63, 3.8) is 0 Å². The number of methoxy groups -OCH3 is 2. The van der Waals surface area contributed by atoms with E-state index >= 15 is 0 Å². The van der Waals surface area contributed by atoms with Crippen molar-refractivity contribution in [1.29, 1.82) is 0 Å². The second kappa shape index (κ2) is 8.15. The van der Waals surface area contributed by atoms with Crippen LogP contribution in [0.3, 0.4) is 0 Å². The van der Waals surface area contributed by atoms with Gasteiger partial charge in [-0.25, -0.2) is 0 Å². The molecule has 2 amide bonds. The number of hydrogen-bond acceptors (Lipinski definition) is 4.